The van der Waals surface area contributed by atoms with Gasteiger partial charge in [-0.25, -0.2) is 4.98 Å². The molecule has 0 amide bonds. The minimum atomic E-state index is -0.427. The van der Waals surface area contributed by atoms with Crippen LogP contribution in [-0.4, -0.2) is 9.91 Å². The average Bonchev–Trinajstić information content (AvgIpc) is 3.19. The van der Waals surface area contributed by atoms with Crippen LogP contribution in [0.3, 0.4) is 0 Å². The van der Waals surface area contributed by atoms with Gasteiger partial charge in [0.25, 0.3) is 5.69 Å². The molecule has 0 aliphatic carbocycles. The van der Waals surface area contributed by atoms with Crippen molar-refractivity contribution >= 4 is 5.69 Å². The first kappa shape index (κ1) is 15.8. The predicted molar refractivity (Wildman–Crippen MR) is 99.5 cm³/mol. The van der Waals surface area contributed by atoms with E-state index in [0.29, 0.717) is 11.7 Å². The molecule has 0 atom stereocenters. The monoisotopic (exact) mass is 342 g/mol. The molecule has 0 saturated carbocycles. The Morgan fingerprint density at radius 3 is 1.96 bits per heavy atom. The van der Waals surface area contributed by atoms with Gasteiger partial charge in [0.2, 0.25) is 5.89 Å². The van der Waals surface area contributed by atoms with Gasteiger partial charge in [0.05, 0.1) is 11.1 Å². The van der Waals surface area contributed by atoms with Crippen LogP contribution in [0.4, 0.5) is 5.69 Å². The molecular weight excluding hydrogens is 328 g/mol. The van der Waals surface area contributed by atoms with E-state index in [1.54, 1.807) is 18.3 Å². The summed E-state index contributed by atoms with van der Waals surface area (Å²) in [6.07, 6.45) is 1.63. The molecule has 1 heterocycles. The largest absolute Gasteiger partial charge is 0.436 e. The van der Waals surface area contributed by atoms with E-state index < -0.39 is 4.92 Å². The summed E-state index contributed by atoms with van der Waals surface area (Å²) in [7, 11) is 0. The second kappa shape index (κ2) is 6.64. The maximum Gasteiger partial charge on any atom is 0.269 e. The lowest BCUT2D eigenvalue weighted by Gasteiger charge is -2.02. The molecule has 5 heteroatoms. The van der Waals surface area contributed by atoms with Crippen molar-refractivity contribution in [3.63, 3.8) is 0 Å². The zero-order valence-corrected chi connectivity index (χ0v) is 13.7. The Labute approximate surface area is 149 Å². The summed E-state index contributed by atoms with van der Waals surface area (Å²) in [5.74, 6) is 1.08. The van der Waals surface area contributed by atoms with Crippen molar-refractivity contribution in [2.45, 2.75) is 0 Å². The Hall–Kier alpha value is -3.73. The Morgan fingerprint density at radius 1 is 0.731 bits per heavy atom. The lowest BCUT2D eigenvalue weighted by atomic mass is 10.0. The average molecular weight is 342 g/mol. The molecule has 0 unspecified atom stereocenters. The van der Waals surface area contributed by atoms with Crippen LogP contribution in [0.25, 0.3) is 33.9 Å². The molecule has 3 aromatic carbocycles. The third kappa shape index (κ3) is 3.10. The molecule has 0 saturated heterocycles. The van der Waals surface area contributed by atoms with E-state index >= 15 is 0 Å². The van der Waals surface area contributed by atoms with Crippen molar-refractivity contribution in [1.29, 1.82) is 0 Å². The maximum atomic E-state index is 10.7. The summed E-state index contributed by atoms with van der Waals surface area (Å²) in [6.45, 7) is 0. The first-order valence-electron chi connectivity index (χ1n) is 8.07. The molecule has 0 spiro atoms. The van der Waals surface area contributed by atoms with Gasteiger partial charge in [-0.05, 0) is 35.4 Å². The smallest absolute Gasteiger partial charge is 0.269 e. The highest BCUT2D eigenvalue weighted by Gasteiger charge is 2.11. The van der Waals surface area contributed by atoms with Gasteiger partial charge in [-0.2, -0.15) is 0 Å². The molecule has 0 aliphatic heterocycles. The summed E-state index contributed by atoms with van der Waals surface area (Å²) >= 11 is 0. The number of non-ortho nitro benzene ring substituents is 1. The topological polar surface area (TPSA) is 69.2 Å². The molecule has 0 radical (unpaired) electrons. The van der Waals surface area contributed by atoms with Crippen molar-refractivity contribution in [3.8, 4) is 33.9 Å². The Kier molecular flexibility index (Phi) is 4.03. The van der Waals surface area contributed by atoms with Crippen molar-refractivity contribution < 1.29 is 9.34 Å². The van der Waals surface area contributed by atoms with E-state index in [1.165, 1.54) is 12.1 Å². The Bertz CT molecular complexity index is 1040. The molecule has 26 heavy (non-hydrogen) atoms. The fourth-order valence-electron chi connectivity index (χ4n) is 2.72. The van der Waals surface area contributed by atoms with Crippen molar-refractivity contribution in [2.24, 2.45) is 0 Å². The Balaban J connectivity index is 1.59. The summed E-state index contributed by atoms with van der Waals surface area (Å²) in [6, 6.07) is 24.3. The minimum Gasteiger partial charge on any atom is -0.436 e. The zero-order chi connectivity index (χ0) is 17.9. The Morgan fingerprint density at radius 2 is 1.31 bits per heavy atom. The number of benzene rings is 3. The molecule has 0 aliphatic rings. The van der Waals surface area contributed by atoms with Crippen LogP contribution in [0, 0.1) is 10.1 Å². The van der Waals surface area contributed by atoms with E-state index in [4.69, 9.17) is 4.42 Å². The standard InChI is InChI=1S/C21H14N2O3/c24-23(25)19-12-10-17(11-13-19)20-14-22-21(26-20)18-8-6-16(7-9-18)15-4-2-1-3-5-15/h1-14H. The van der Waals surface area contributed by atoms with E-state index in [2.05, 4.69) is 17.1 Å². The van der Waals surface area contributed by atoms with Crippen LogP contribution in [0.15, 0.2) is 89.5 Å². The van der Waals surface area contributed by atoms with Crippen LogP contribution < -0.4 is 0 Å². The summed E-state index contributed by atoms with van der Waals surface area (Å²) < 4.78 is 5.82. The highest BCUT2D eigenvalue weighted by atomic mass is 16.6. The molecule has 4 aromatic rings. The summed E-state index contributed by atoms with van der Waals surface area (Å²) in [5.41, 5.74) is 3.94. The molecule has 0 N–H and O–H groups in total. The van der Waals surface area contributed by atoms with E-state index in [1.807, 2.05) is 42.5 Å². The van der Waals surface area contributed by atoms with Crippen molar-refractivity contribution in [1.82, 2.24) is 4.98 Å². The second-order valence-electron chi connectivity index (χ2n) is 5.78. The van der Waals surface area contributed by atoms with Gasteiger partial charge >= 0.3 is 0 Å². The predicted octanol–water partition coefficient (Wildman–Crippen LogP) is 5.58. The minimum absolute atomic E-state index is 0.0463. The van der Waals surface area contributed by atoms with E-state index in [0.717, 1.165) is 22.3 Å². The second-order valence-corrected chi connectivity index (χ2v) is 5.78. The highest BCUT2D eigenvalue weighted by Crippen LogP contribution is 2.29. The lowest BCUT2D eigenvalue weighted by Crippen LogP contribution is -1.86. The first-order valence-corrected chi connectivity index (χ1v) is 8.07. The van der Waals surface area contributed by atoms with Gasteiger partial charge in [0.15, 0.2) is 5.76 Å². The van der Waals surface area contributed by atoms with Crippen LogP contribution in [0.1, 0.15) is 0 Å². The fourth-order valence-corrected chi connectivity index (χ4v) is 2.72. The maximum absolute atomic E-state index is 10.7. The van der Waals surface area contributed by atoms with E-state index in [9.17, 15) is 10.1 Å². The van der Waals surface area contributed by atoms with Gasteiger partial charge in [0, 0.05) is 23.3 Å². The van der Waals surface area contributed by atoms with Gasteiger partial charge < -0.3 is 4.42 Å². The van der Waals surface area contributed by atoms with Crippen LogP contribution in [0.2, 0.25) is 0 Å². The molecule has 0 fully saturated rings. The van der Waals surface area contributed by atoms with Crippen LogP contribution >= 0.6 is 0 Å². The molecular formula is C21H14N2O3. The number of rotatable bonds is 4. The molecule has 0 bridgehead atoms. The third-order valence-electron chi connectivity index (χ3n) is 4.11. The number of hydrogen-bond donors (Lipinski definition) is 0. The number of hydrogen-bond acceptors (Lipinski definition) is 4. The van der Waals surface area contributed by atoms with Gasteiger partial charge in [-0.1, -0.05) is 42.5 Å². The number of nitro groups is 1. The summed E-state index contributed by atoms with van der Waals surface area (Å²) in [5, 5.41) is 10.7. The van der Waals surface area contributed by atoms with E-state index in [-0.39, 0.29) is 5.69 Å². The van der Waals surface area contributed by atoms with Crippen molar-refractivity contribution in [3.05, 3.63) is 95.2 Å². The van der Waals surface area contributed by atoms with Gasteiger partial charge in [-0.3, -0.25) is 10.1 Å². The van der Waals surface area contributed by atoms with Crippen molar-refractivity contribution in [2.75, 3.05) is 0 Å². The third-order valence-corrected chi connectivity index (χ3v) is 4.11. The number of nitrogens with zero attached hydrogens (tertiary/aromatic N) is 2. The number of nitro benzene ring substituents is 1. The fraction of sp³-hybridized carbons (Fsp3) is 0. The SMILES string of the molecule is O=[N+]([O-])c1ccc(-c2cnc(-c3ccc(-c4ccccc4)cc3)o2)cc1. The molecule has 4 rings (SSSR count). The van der Waals surface area contributed by atoms with Gasteiger partial charge in [-0.15, -0.1) is 0 Å². The normalized spacial score (nSPS) is 10.6. The summed E-state index contributed by atoms with van der Waals surface area (Å²) in [4.78, 5) is 14.6. The first-order chi connectivity index (χ1) is 12.7. The van der Waals surface area contributed by atoms with Crippen LogP contribution in [0.5, 0.6) is 0 Å². The number of oxazole rings is 1. The lowest BCUT2D eigenvalue weighted by molar-refractivity contribution is -0.384. The highest BCUT2D eigenvalue weighted by molar-refractivity contribution is 5.68. The van der Waals surface area contributed by atoms with Gasteiger partial charge in [0.1, 0.15) is 0 Å². The zero-order valence-electron chi connectivity index (χ0n) is 13.7. The molecule has 1 aromatic heterocycles. The van der Waals surface area contributed by atoms with Crippen LogP contribution in [-0.2, 0) is 0 Å². The molecule has 5 nitrogen and oxygen atoms in total. The molecule has 126 valence electrons. The number of aromatic nitrogens is 1. The quantitative estimate of drug-likeness (QED) is 0.358.